The molecule has 7 heteroatoms. The van der Waals surface area contributed by atoms with Gasteiger partial charge in [0.05, 0.1) is 23.4 Å². The molecule has 36 heavy (non-hydrogen) atoms. The molecule has 0 aliphatic rings. The van der Waals surface area contributed by atoms with Gasteiger partial charge in [0.25, 0.3) is 0 Å². The van der Waals surface area contributed by atoms with Crippen LogP contribution in [0.4, 0.5) is 8.78 Å². The lowest BCUT2D eigenvalue weighted by Gasteiger charge is -2.30. The average Bonchev–Trinajstić information content (AvgIpc) is 3.22. The SMILES string of the molecule is C.Cc1ccc(F)cc1[C@@H](Oc1ccc2c(cnn2-c2ccc(F)cc2)c1)[C@H](C)NC(=O)C(C)(C)C. The Labute approximate surface area is 211 Å². The minimum absolute atomic E-state index is 0. The van der Waals surface area contributed by atoms with Crippen LogP contribution in [0.15, 0.2) is 66.9 Å². The van der Waals surface area contributed by atoms with Crippen molar-refractivity contribution in [3.63, 3.8) is 0 Å². The lowest BCUT2D eigenvalue weighted by molar-refractivity contribution is -0.129. The van der Waals surface area contributed by atoms with Gasteiger partial charge < -0.3 is 10.1 Å². The fraction of sp³-hybridized carbons (Fsp3) is 0.310. The molecule has 0 saturated carbocycles. The number of aryl methyl sites for hydroxylation is 1. The summed E-state index contributed by atoms with van der Waals surface area (Å²) in [5.41, 5.74) is 2.51. The Kier molecular flexibility index (Phi) is 7.82. The van der Waals surface area contributed by atoms with Crippen LogP contribution < -0.4 is 10.1 Å². The zero-order chi connectivity index (χ0) is 25.3. The van der Waals surface area contributed by atoms with Gasteiger partial charge in [0, 0.05) is 16.4 Å². The molecule has 1 aromatic heterocycles. The predicted octanol–water partition coefficient (Wildman–Crippen LogP) is 6.92. The summed E-state index contributed by atoms with van der Waals surface area (Å²) in [7, 11) is 0. The maximum atomic E-state index is 14.2. The Balaban J connectivity index is 0.00000361. The molecular weight excluding hydrogens is 460 g/mol. The Morgan fingerprint density at radius 1 is 1.00 bits per heavy atom. The normalized spacial score (nSPS) is 13.1. The van der Waals surface area contributed by atoms with Crippen LogP contribution in [0, 0.1) is 24.0 Å². The number of carbonyl (C=O) groups is 1. The van der Waals surface area contributed by atoms with E-state index in [1.54, 1.807) is 29.1 Å². The van der Waals surface area contributed by atoms with Crippen LogP contribution in [0.1, 0.15) is 52.4 Å². The molecule has 0 bridgehead atoms. The Morgan fingerprint density at radius 3 is 2.33 bits per heavy atom. The van der Waals surface area contributed by atoms with Gasteiger partial charge in [0.1, 0.15) is 23.5 Å². The number of hydrogen-bond donors (Lipinski definition) is 1. The highest BCUT2D eigenvalue weighted by Crippen LogP contribution is 2.31. The number of nitrogens with one attached hydrogen (secondary N) is 1. The van der Waals surface area contributed by atoms with Crippen molar-refractivity contribution in [3.8, 4) is 11.4 Å². The van der Waals surface area contributed by atoms with Crippen molar-refractivity contribution in [2.24, 2.45) is 5.41 Å². The quantitative estimate of drug-likeness (QED) is 0.317. The molecule has 1 N–H and O–H groups in total. The summed E-state index contributed by atoms with van der Waals surface area (Å²) in [5, 5.41) is 8.28. The molecule has 0 saturated heterocycles. The molecular formula is C29H33F2N3O2. The number of amides is 1. The molecule has 0 unspecified atom stereocenters. The first-order valence-electron chi connectivity index (χ1n) is 11.5. The Bertz CT molecular complexity index is 1360. The lowest BCUT2D eigenvalue weighted by atomic mass is 9.93. The molecule has 190 valence electrons. The van der Waals surface area contributed by atoms with E-state index in [2.05, 4.69) is 10.4 Å². The number of ether oxygens (including phenoxy) is 1. The van der Waals surface area contributed by atoms with E-state index in [0.29, 0.717) is 11.3 Å². The summed E-state index contributed by atoms with van der Waals surface area (Å²) in [4.78, 5) is 12.7. The maximum absolute atomic E-state index is 14.2. The van der Waals surface area contributed by atoms with Crippen molar-refractivity contribution < 1.29 is 18.3 Å². The minimum Gasteiger partial charge on any atom is -0.484 e. The van der Waals surface area contributed by atoms with Crippen molar-refractivity contribution in [3.05, 3.63) is 89.6 Å². The summed E-state index contributed by atoms with van der Waals surface area (Å²) in [5.74, 6) is -0.248. The van der Waals surface area contributed by atoms with Crippen LogP contribution in [0.5, 0.6) is 5.75 Å². The largest absolute Gasteiger partial charge is 0.484 e. The summed E-state index contributed by atoms with van der Waals surface area (Å²) in [6.45, 7) is 9.25. The number of rotatable bonds is 6. The summed E-state index contributed by atoms with van der Waals surface area (Å²) < 4.78 is 35.6. The van der Waals surface area contributed by atoms with Crippen molar-refractivity contribution >= 4 is 16.8 Å². The van der Waals surface area contributed by atoms with E-state index in [4.69, 9.17) is 4.74 Å². The second-order valence-electron chi connectivity index (χ2n) is 9.80. The van der Waals surface area contributed by atoms with Crippen LogP contribution in [-0.4, -0.2) is 21.7 Å². The fourth-order valence-corrected chi connectivity index (χ4v) is 3.87. The molecule has 0 spiro atoms. The van der Waals surface area contributed by atoms with Gasteiger partial charge in [-0.1, -0.05) is 34.3 Å². The van der Waals surface area contributed by atoms with Gasteiger partial charge >= 0.3 is 0 Å². The van der Waals surface area contributed by atoms with E-state index in [0.717, 1.165) is 22.2 Å². The zero-order valence-corrected chi connectivity index (χ0v) is 20.5. The molecule has 0 fully saturated rings. The lowest BCUT2D eigenvalue weighted by Crippen LogP contribution is -2.44. The Morgan fingerprint density at radius 2 is 1.67 bits per heavy atom. The second kappa shape index (κ2) is 10.5. The Hall–Kier alpha value is -3.74. The predicted molar refractivity (Wildman–Crippen MR) is 139 cm³/mol. The zero-order valence-electron chi connectivity index (χ0n) is 20.5. The van der Waals surface area contributed by atoms with Gasteiger partial charge in [0.2, 0.25) is 5.91 Å². The first-order valence-corrected chi connectivity index (χ1v) is 11.5. The molecule has 4 rings (SSSR count). The first-order chi connectivity index (χ1) is 16.5. The van der Waals surface area contributed by atoms with E-state index in [-0.39, 0.29) is 25.0 Å². The van der Waals surface area contributed by atoms with Crippen LogP contribution in [0.2, 0.25) is 0 Å². The standard InChI is InChI=1S/C28H29F2N3O2.CH4/c1-17-6-7-21(30)15-24(17)26(18(2)32-27(34)28(3,4)5)35-23-12-13-25-19(14-23)16-31-33(25)22-10-8-20(29)9-11-22;/h6-16,18,26H,1-5H3,(H,32,34);1H4/t18-,26-;/m0./s1. The van der Waals surface area contributed by atoms with Crippen LogP contribution >= 0.6 is 0 Å². The van der Waals surface area contributed by atoms with Gasteiger partial charge in [-0.25, -0.2) is 13.5 Å². The topological polar surface area (TPSA) is 56.1 Å². The number of aromatic nitrogens is 2. The number of halogens is 2. The molecule has 0 radical (unpaired) electrons. The first kappa shape index (κ1) is 26.9. The minimum atomic E-state index is -0.624. The fourth-order valence-electron chi connectivity index (χ4n) is 3.87. The molecule has 3 aromatic carbocycles. The van der Waals surface area contributed by atoms with E-state index in [9.17, 15) is 13.6 Å². The molecule has 1 heterocycles. The maximum Gasteiger partial charge on any atom is 0.225 e. The van der Waals surface area contributed by atoms with Crippen LogP contribution in [0.25, 0.3) is 16.6 Å². The monoisotopic (exact) mass is 493 g/mol. The third kappa shape index (κ3) is 5.73. The highest BCUT2D eigenvalue weighted by molar-refractivity contribution is 5.82. The van der Waals surface area contributed by atoms with E-state index >= 15 is 0 Å². The molecule has 0 aliphatic carbocycles. The van der Waals surface area contributed by atoms with Gasteiger partial charge in [-0.2, -0.15) is 5.10 Å². The smallest absolute Gasteiger partial charge is 0.225 e. The highest BCUT2D eigenvalue weighted by Gasteiger charge is 2.29. The third-order valence-corrected chi connectivity index (χ3v) is 5.92. The van der Waals surface area contributed by atoms with Gasteiger partial charge in [-0.3, -0.25) is 4.79 Å². The average molecular weight is 494 g/mol. The number of fused-ring (bicyclic) bond motifs is 1. The number of carbonyl (C=O) groups excluding carboxylic acids is 1. The molecule has 4 aromatic rings. The summed E-state index contributed by atoms with van der Waals surface area (Å²) in [6, 6.07) is 15.8. The van der Waals surface area contributed by atoms with E-state index < -0.39 is 17.6 Å². The van der Waals surface area contributed by atoms with E-state index in [1.807, 2.05) is 52.8 Å². The highest BCUT2D eigenvalue weighted by atomic mass is 19.1. The van der Waals surface area contributed by atoms with Crippen LogP contribution in [-0.2, 0) is 4.79 Å². The third-order valence-electron chi connectivity index (χ3n) is 5.92. The molecule has 5 nitrogen and oxygen atoms in total. The number of nitrogens with zero attached hydrogens (tertiary/aromatic N) is 2. The molecule has 2 atom stereocenters. The molecule has 1 amide bonds. The van der Waals surface area contributed by atoms with Gasteiger partial charge in [0.15, 0.2) is 0 Å². The van der Waals surface area contributed by atoms with Crippen molar-refractivity contribution in [1.82, 2.24) is 15.1 Å². The van der Waals surface area contributed by atoms with Crippen molar-refractivity contribution in [2.75, 3.05) is 0 Å². The number of hydrogen-bond acceptors (Lipinski definition) is 3. The summed E-state index contributed by atoms with van der Waals surface area (Å²) in [6.07, 6.45) is 1.08. The van der Waals surface area contributed by atoms with Crippen molar-refractivity contribution in [2.45, 2.75) is 54.2 Å². The number of benzene rings is 3. The molecule has 0 aliphatic heterocycles. The van der Waals surface area contributed by atoms with Crippen molar-refractivity contribution in [1.29, 1.82) is 0 Å². The van der Waals surface area contributed by atoms with Gasteiger partial charge in [-0.15, -0.1) is 0 Å². The van der Waals surface area contributed by atoms with E-state index in [1.165, 1.54) is 24.3 Å². The summed E-state index contributed by atoms with van der Waals surface area (Å²) >= 11 is 0. The second-order valence-corrected chi connectivity index (χ2v) is 9.80. The van der Waals surface area contributed by atoms with Crippen LogP contribution in [0.3, 0.4) is 0 Å². The van der Waals surface area contributed by atoms with Gasteiger partial charge in [-0.05, 0) is 74.0 Å².